The first kappa shape index (κ1) is 15.1. The van der Waals surface area contributed by atoms with Gasteiger partial charge in [0, 0.05) is 6.04 Å². The first-order valence-corrected chi connectivity index (χ1v) is 9.23. The van der Waals surface area contributed by atoms with Crippen LogP contribution in [0, 0.1) is 23.2 Å². The van der Waals surface area contributed by atoms with E-state index in [0.717, 1.165) is 29.9 Å². The maximum atomic E-state index is 12.3. The maximum absolute atomic E-state index is 12.3. The SMILES string of the molecule is CCC(NC(=O)NCc1ccco1)C12CC3CC(CC(C3)C1)C2. The molecule has 23 heavy (non-hydrogen) atoms. The third-order valence-electron chi connectivity index (χ3n) is 6.54. The molecule has 1 unspecified atom stereocenters. The van der Waals surface area contributed by atoms with Gasteiger partial charge >= 0.3 is 6.03 Å². The summed E-state index contributed by atoms with van der Waals surface area (Å²) in [6.07, 6.45) is 11.0. The number of rotatable bonds is 5. The van der Waals surface area contributed by atoms with Crippen LogP contribution in [-0.4, -0.2) is 12.1 Å². The smallest absolute Gasteiger partial charge is 0.315 e. The van der Waals surface area contributed by atoms with Crippen LogP contribution in [0.15, 0.2) is 22.8 Å². The Labute approximate surface area is 138 Å². The van der Waals surface area contributed by atoms with E-state index in [1.807, 2.05) is 12.1 Å². The van der Waals surface area contributed by atoms with Crippen molar-refractivity contribution in [1.82, 2.24) is 10.6 Å². The molecule has 4 aliphatic rings. The van der Waals surface area contributed by atoms with Crippen LogP contribution in [0.25, 0.3) is 0 Å². The van der Waals surface area contributed by atoms with Crippen LogP contribution in [0.3, 0.4) is 0 Å². The lowest BCUT2D eigenvalue weighted by Crippen LogP contribution is -2.57. The van der Waals surface area contributed by atoms with E-state index in [2.05, 4.69) is 17.6 Å². The minimum atomic E-state index is -0.0519. The van der Waals surface area contributed by atoms with Crippen LogP contribution in [-0.2, 0) is 6.54 Å². The summed E-state index contributed by atoms with van der Waals surface area (Å²) in [5.74, 6) is 3.55. The van der Waals surface area contributed by atoms with Crippen molar-refractivity contribution in [3.05, 3.63) is 24.2 Å². The summed E-state index contributed by atoms with van der Waals surface area (Å²) in [5, 5.41) is 6.23. The van der Waals surface area contributed by atoms with Gasteiger partial charge in [0.05, 0.1) is 12.8 Å². The normalized spacial score (nSPS) is 36.0. The van der Waals surface area contributed by atoms with Gasteiger partial charge in [0.1, 0.15) is 5.76 Å². The average Bonchev–Trinajstić information content (AvgIpc) is 3.02. The van der Waals surface area contributed by atoms with Gasteiger partial charge in [-0.3, -0.25) is 0 Å². The molecule has 4 heteroatoms. The van der Waals surface area contributed by atoms with Crippen LogP contribution in [0.1, 0.15) is 57.6 Å². The van der Waals surface area contributed by atoms with Gasteiger partial charge < -0.3 is 15.1 Å². The molecule has 4 bridgehead atoms. The van der Waals surface area contributed by atoms with Gasteiger partial charge in [-0.2, -0.15) is 0 Å². The fraction of sp³-hybridized carbons (Fsp3) is 0.737. The Morgan fingerprint density at radius 1 is 1.26 bits per heavy atom. The monoisotopic (exact) mass is 316 g/mol. The Hall–Kier alpha value is -1.45. The van der Waals surface area contributed by atoms with E-state index in [1.54, 1.807) is 6.26 Å². The second-order valence-corrected chi connectivity index (χ2v) is 8.15. The average molecular weight is 316 g/mol. The Morgan fingerprint density at radius 2 is 1.91 bits per heavy atom. The largest absolute Gasteiger partial charge is 0.467 e. The van der Waals surface area contributed by atoms with Gasteiger partial charge in [-0.1, -0.05) is 6.92 Å². The number of carbonyl (C=O) groups excluding carboxylic acids is 1. The third kappa shape index (κ3) is 2.88. The zero-order valence-corrected chi connectivity index (χ0v) is 14.0. The lowest BCUT2D eigenvalue weighted by molar-refractivity contribution is -0.0721. The molecule has 0 radical (unpaired) electrons. The Kier molecular flexibility index (Phi) is 3.86. The van der Waals surface area contributed by atoms with Crippen LogP contribution in [0.4, 0.5) is 4.79 Å². The molecule has 0 spiro atoms. The van der Waals surface area contributed by atoms with E-state index in [9.17, 15) is 4.79 Å². The lowest BCUT2D eigenvalue weighted by Gasteiger charge is -2.59. The number of amides is 2. The summed E-state index contributed by atoms with van der Waals surface area (Å²) in [6, 6.07) is 3.99. The highest BCUT2D eigenvalue weighted by Gasteiger charge is 2.53. The zero-order chi connectivity index (χ0) is 15.9. The second-order valence-electron chi connectivity index (χ2n) is 8.15. The molecule has 1 atom stereocenters. The van der Waals surface area contributed by atoms with E-state index in [0.29, 0.717) is 18.0 Å². The fourth-order valence-corrected chi connectivity index (χ4v) is 6.08. The first-order valence-electron chi connectivity index (χ1n) is 9.23. The van der Waals surface area contributed by atoms with Crippen LogP contribution in [0.2, 0.25) is 0 Å². The molecule has 4 nitrogen and oxygen atoms in total. The topological polar surface area (TPSA) is 54.3 Å². The Bertz CT molecular complexity index is 516. The molecular formula is C19H28N2O2. The van der Waals surface area contributed by atoms with Crippen LogP contribution < -0.4 is 10.6 Å². The molecule has 0 aromatic carbocycles. The minimum absolute atomic E-state index is 0.0519. The van der Waals surface area contributed by atoms with Gasteiger partial charge in [0.25, 0.3) is 0 Å². The van der Waals surface area contributed by atoms with Crippen molar-refractivity contribution < 1.29 is 9.21 Å². The van der Waals surface area contributed by atoms with Crippen molar-refractivity contribution in [2.45, 2.75) is 64.5 Å². The van der Waals surface area contributed by atoms with Crippen molar-refractivity contribution in [2.75, 3.05) is 0 Å². The molecule has 0 saturated heterocycles. The summed E-state index contributed by atoms with van der Waals surface area (Å²) >= 11 is 0. The Balaban J connectivity index is 1.39. The molecule has 4 fully saturated rings. The van der Waals surface area contributed by atoms with Gasteiger partial charge in [-0.25, -0.2) is 4.79 Å². The molecule has 1 aromatic rings. The molecule has 5 rings (SSSR count). The lowest BCUT2D eigenvalue weighted by atomic mass is 9.47. The number of furan rings is 1. The summed E-state index contributed by atoms with van der Waals surface area (Å²) in [5.41, 5.74) is 0.367. The zero-order valence-electron chi connectivity index (χ0n) is 14.0. The standard InChI is InChI=1S/C19H28N2O2/c1-2-17(21-18(22)20-12-16-4-3-5-23-16)19-9-13-6-14(10-19)8-15(7-13)11-19/h3-5,13-15,17H,2,6-12H2,1H3,(H2,20,21,22). The highest BCUT2D eigenvalue weighted by Crippen LogP contribution is 2.61. The van der Waals surface area contributed by atoms with Crippen LogP contribution in [0.5, 0.6) is 0 Å². The predicted octanol–water partition coefficient (Wildman–Crippen LogP) is 4.07. The Morgan fingerprint density at radius 3 is 2.43 bits per heavy atom. The molecule has 4 aliphatic carbocycles. The quantitative estimate of drug-likeness (QED) is 0.860. The number of hydrogen-bond donors (Lipinski definition) is 2. The number of hydrogen-bond acceptors (Lipinski definition) is 2. The van der Waals surface area contributed by atoms with Gasteiger partial charge in [-0.05, 0) is 80.2 Å². The molecule has 4 saturated carbocycles. The molecule has 126 valence electrons. The molecule has 2 amide bonds. The van der Waals surface area contributed by atoms with Crippen molar-refractivity contribution in [2.24, 2.45) is 23.2 Å². The molecule has 2 N–H and O–H groups in total. The van der Waals surface area contributed by atoms with E-state index in [1.165, 1.54) is 38.5 Å². The van der Waals surface area contributed by atoms with Crippen molar-refractivity contribution >= 4 is 6.03 Å². The molecule has 1 heterocycles. The highest BCUT2D eigenvalue weighted by atomic mass is 16.3. The summed E-state index contributed by atoms with van der Waals surface area (Å²) < 4.78 is 5.27. The van der Waals surface area contributed by atoms with Crippen molar-refractivity contribution in [3.8, 4) is 0 Å². The van der Waals surface area contributed by atoms with E-state index < -0.39 is 0 Å². The highest BCUT2D eigenvalue weighted by molar-refractivity contribution is 5.74. The second kappa shape index (κ2) is 5.88. The molecular weight excluding hydrogens is 288 g/mol. The van der Waals surface area contributed by atoms with Crippen molar-refractivity contribution in [3.63, 3.8) is 0 Å². The first-order chi connectivity index (χ1) is 11.2. The number of urea groups is 1. The summed E-state index contributed by atoms with van der Waals surface area (Å²) in [6.45, 7) is 2.67. The third-order valence-corrected chi connectivity index (χ3v) is 6.54. The summed E-state index contributed by atoms with van der Waals surface area (Å²) in [4.78, 5) is 12.3. The van der Waals surface area contributed by atoms with Gasteiger partial charge in [0.15, 0.2) is 0 Å². The molecule has 0 aliphatic heterocycles. The van der Waals surface area contributed by atoms with Crippen LogP contribution >= 0.6 is 0 Å². The van der Waals surface area contributed by atoms with E-state index >= 15 is 0 Å². The molecule has 1 aromatic heterocycles. The van der Waals surface area contributed by atoms with E-state index in [-0.39, 0.29) is 6.03 Å². The maximum Gasteiger partial charge on any atom is 0.315 e. The summed E-state index contributed by atoms with van der Waals surface area (Å²) in [7, 11) is 0. The fourth-order valence-electron chi connectivity index (χ4n) is 6.08. The van der Waals surface area contributed by atoms with Crippen molar-refractivity contribution in [1.29, 1.82) is 0 Å². The van der Waals surface area contributed by atoms with E-state index in [4.69, 9.17) is 4.42 Å². The van der Waals surface area contributed by atoms with Gasteiger partial charge in [0.2, 0.25) is 0 Å². The number of carbonyl (C=O) groups is 1. The minimum Gasteiger partial charge on any atom is -0.467 e. The van der Waals surface area contributed by atoms with Gasteiger partial charge in [-0.15, -0.1) is 0 Å². The number of nitrogens with one attached hydrogen (secondary N) is 2. The predicted molar refractivity (Wildman–Crippen MR) is 88.8 cm³/mol.